The molecule has 0 saturated carbocycles. The lowest BCUT2D eigenvalue weighted by atomic mass is 10.1. The molecule has 2 nitrogen and oxygen atoms in total. The number of aromatic nitrogens is 1. The number of benzene rings is 1. The number of aryl methyl sites for hydroxylation is 1. The summed E-state index contributed by atoms with van der Waals surface area (Å²) < 4.78 is 0. The molecule has 2 N–H and O–H groups in total. The van der Waals surface area contributed by atoms with Crippen molar-refractivity contribution in [1.29, 1.82) is 0 Å². The SMILES string of the molecule is CCC1CCc2c1[nH]c1ccc(O)cc21. The van der Waals surface area contributed by atoms with Crippen molar-refractivity contribution in [2.45, 2.75) is 32.1 Å². The molecule has 1 aliphatic carbocycles. The highest BCUT2D eigenvalue weighted by Crippen LogP contribution is 2.39. The van der Waals surface area contributed by atoms with Crippen LogP contribution >= 0.6 is 0 Å². The van der Waals surface area contributed by atoms with Crippen LogP contribution in [0.2, 0.25) is 0 Å². The number of H-pyrrole nitrogens is 1. The molecule has 0 fully saturated rings. The van der Waals surface area contributed by atoms with Crippen LogP contribution < -0.4 is 0 Å². The molecule has 0 saturated heterocycles. The van der Waals surface area contributed by atoms with E-state index in [0.29, 0.717) is 11.7 Å². The lowest BCUT2D eigenvalue weighted by Gasteiger charge is -2.04. The lowest BCUT2D eigenvalue weighted by Crippen LogP contribution is -1.90. The molecule has 0 radical (unpaired) electrons. The first-order valence-corrected chi connectivity index (χ1v) is 5.63. The van der Waals surface area contributed by atoms with Crippen molar-refractivity contribution in [2.24, 2.45) is 0 Å². The van der Waals surface area contributed by atoms with E-state index in [1.165, 1.54) is 29.5 Å². The summed E-state index contributed by atoms with van der Waals surface area (Å²) in [6.07, 6.45) is 3.60. The molecule has 1 aromatic carbocycles. The number of hydrogen-bond donors (Lipinski definition) is 2. The van der Waals surface area contributed by atoms with Crippen molar-refractivity contribution >= 4 is 10.9 Å². The molecule has 0 aliphatic heterocycles. The largest absolute Gasteiger partial charge is 0.508 e. The first-order valence-electron chi connectivity index (χ1n) is 5.63. The highest BCUT2D eigenvalue weighted by Gasteiger charge is 2.24. The topological polar surface area (TPSA) is 36.0 Å². The van der Waals surface area contributed by atoms with Crippen LogP contribution in [0.1, 0.15) is 36.9 Å². The summed E-state index contributed by atoms with van der Waals surface area (Å²) in [5.41, 5.74) is 3.99. The molecule has 0 spiro atoms. The van der Waals surface area contributed by atoms with Gasteiger partial charge in [-0.25, -0.2) is 0 Å². The highest BCUT2D eigenvalue weighted by atomic mass is 16.3. The third-order valence-electron chi connectivity index (χ3n) is 3.57. The third kappa shape index (κ3) is 1.17. The number of phenols is 1. The van der Waals surface area contributed by atoms with Crippen molar-refractivity contribution in [3.05, 3.63) is 29.5 Å². The van der Waals surface area contributed by atoms with Gasteiger partial charge in [-0.3, -0.25) is 0 Å². The van der Waals surface area contributed by atoms with Gasteiger partial charge in [-0.15, -0.1) is 0 Å². The summed E-state index contributed by atoms with van der Waals surface area (Å²) in [6, 6.07) is 5.59. The van der Waals surface area contributed by atoms with E-state index >= 15 is 0 Å². The molecule has 0 amide bonds. The summed E-state index contributed by atoms with van der Waals surface area (Å²) in [6.45, 7) is 2.24. The molecule has 1 heterocycles. The van der Waals surface area contributed by atoms with Crippen LogP contribution in [0.4, 0.5) is 0 Å². The van der Waals surface area contributed by atoms with E-state index in [4.69, 9.17) is 0 Å². The minimum absolute atomic E-state index is 0.365. The Bertz CT molecular complexity index is 512. The molecular weight excluding hydrogens is 186 g/mol. The predicted molar refractivity (Wildman–Crippen MR) is 61.3 cm³/mol. The molecule has 15 heavy (non-hydrogen) atoms. The van der Waals surface area contributed by atoms with E-state index in [1.54, 1.807) is 6.07 Å². The second kappa shape index (κ2) is 3.02. The maximum Gasteiger partial charge on any atom is 0.116 e. The number of aromatic amines is 1. The average Bonchev–Trinajstić information content (AvgIpc) is 2.76. The molecule has 2 heteroatoms. The Morgan fingerprint density at radius 3 is 3.13 bits per heavy atom. The molecular formula is C13H15NO. The minimum atomic E-state index is 0.365. The van der Waals surface area contributed by atoms with Crippen molar-refractivity contribution in [3.8, 4) is 5.75 Å². The number of aromatic hydroxyl groups is 1. The van der Waals surface area contributed by atoms with Gasteiger partial charge in [0.1, 0.15) is 5.75 Å². The Labute approximate surface area is 88.9 Å². The summed E-state index contributed by atoms with van der Waals surface area (Å²) in [7, 11) is 0. The zero-order valence-corrected chi connectivity index (χ0v) is 8.88. The predicted octanol–water partition coefficient (Wildman–Crippen LogP) is 3.31. The second-order valence-electron chi connectivity index (χ2n) is 4.39. The van der Waals surface area contributed by atoms with Crippen LogP contribution in [0.15, 0.2) is 18.2 Å². The van der Waals surface area contributed by atoms with Crippen LogP contribution in [-0.2, 0) is 6.42 Å². The van der Waals surface area contributed by atoms with E-state index in [1.807, 2.05) is 12.1 Å². The van der Waals surface area contributed by atoms with Crippen molar-refractivity contribution in [3.63, 3.8) is 0 Å². The van der Waals surface area contributed by atoms with Gasteiger partial charge in [-0.2, -0.15) is 0 Å². The van der Waals surface area contributed by atoms with Crippen LogP contribution in [0.5, 0.6) is 5.75 Å². The van der Waals surface area contributed by atoms with Crippen molar-refractivity contribution in [2.75, 3.05) is 0 Å². The van der Waals surface area contributed by atoms with E-state index in [-0.39, 0.29) is 0 Å². The molecule has 1 aliphatic rings. The Morgan fingerprint density at radius 2 is 2.33 bits per heavy atom. The van der Waals surface area contributed by atoms with E-state index < -0.39 is 0 Å². The number of rotatable bonds is 1. The van der Waals surface area contributed by atoms with Gasteiger partial charge < -0.3 is 10.1 Å². The quantitative estimate of drug-likeness (QED) is 0.729. The molecule has 1 aromatic heterocycles. The van der Waals surface area contributed by atoms with Gasteiger partial charge in [0.25, 0.3) is 0 Å². The number of fused-ring (bicyclic) bond motifs is 3. The third-order valence-corrected chi connectivity index (χ3v) is 3.57. The van der Waals surface area contributed by atoms with Gasteiger partial charge in [0.15, 0.2) is 0 Å². The van der Waals surface area contributed by atoms with Crippen molar-refractivity contribution in [1.82, 2.24) is 4.98 Å². The van der Waals surface area contributed by atoms with Crippen LogP contribution in [0.3, 0.4) is 0 Å². The summed E-state index contributed by atoms with van der Waals surface area (Å²) in [5.74, 6) is 1.05. The molecule has 1 unspecified atom stereocenters. The monoisotopic (exact) mass is 201 g/mol. The van der Waals surface area contributed by atoms with E-state index in [0.717, 1.165) is 11.9 Å². The van der Waals surface area contributed by atoms with Crippen LogP contribution in [-0.4, -0.2) is 10.1 Å². The first-order chi connectivity index (χ1) is 7.29. The number of nitrogens with one attached hydrogen (secondary N) is 1. The molecule has 0 bridgehead atoms. The molecule has 1 atom stereocenters. The maximum atomic E-state index is 9.49. The van der Waals surface area contributed by atoms with E-state index in [2.05, 4.69) is 11.9 Å². The smallest absolute Gasteiger partial charge is 0.116 e. The highest BCUT2D eigenvalue weighted by molar-refractivity contribution is 5.86. The van der Waals surface area contributed by atoms with Gasteiger partial charge >= 0.3 is 0 Å². The Morgan fingerprint density at radius 1 is 1.47 bits per heavy atom. The normalized spacial score (nSPS) is 19.7. The Kier molecular flexibility index (Phi) is 1.78. The number of hydrogen-bond acceptors (Lipinski definition) is 1. The van der Waals surface area contributed by atoms with Gasteiger partial charge in [0.05, 0.1) is 0 Å². The maximum absolute atomic E-state index is 9.49. The molecule has 78 valence electrons. The average molecular weight is 201 g/mol. The molecule has 2 aromatic rings. The Balaban J connectivity index is 2.26. The minimum Gasteiger partial charge on any atom is -0.508 e. The zero-order valence-electron chi connectivity index (χ0n) is 8.88. The first kappa shape index (κ1) is 8.84. The summed E-state index contributed by atoms with van der Waals surface area (Å²) >= 11 is 0. The van der Waals surface area contributed by atoms with E-state index in [9.17, 15) is 5.11 Å². The lowest BCUT2D eigenvalue weighted by molar-refractivity contribution is 0.476. The van der Waals surface area contributed by atoms with Crippen LogP contribution in [0, 0.1) is 0 Å². The standard InChI is InChI=1S/C13H15NO/c1-2-8-3-5-10-11-7-9(15)4-6-12(11)14-13(8)10/h4,6-8,14-15H,2-3,5H2,1H3. The fourth-order valence-electron chi connectivity index (χ4n) is 2.75. The Hall–Kier alpha value is -1.44. The summed E-state index contributed by atoms with van der Waals surface area (Å²) in [5, 5.41) is 10.7. The fraction of sp³-hybridized carbons (Fsp3) is 0.385. The molecule has 3 rings (SSSR count). The van der Waals surface area contributed by atoms with Gasteiger partial charge in [-0.05, 0) is 48.9 Å². The van der Waals surface area contributed by atoms with Gasteiger partial charge in [0.2, 0.25) is 0 Å². The second-order valence-corrected chi connectivity index (χ2v) is 4.39. The zero-order chi connectivity index (χ0) is 10.4. The van der Waals surface area contributed by atoms with Gasteiger partial charge in [-0.1, -0.05) is 6.92 Å². The number of phenolic OH excluding ortho intramolecular Hbond substituents is 1. The van der Waals surface area contributed by atoms with Gasteiger partial charge in [0, 0.05) is 16.6 Å². The summed E-state index contributed by atoms with van der Waals surface area (Å²) in [4.78, 5) is 3.49. The van der Waals surface area contributed by atoms with Crippen LogP contribution in [0.25, 0.3) is 10.9 Å². The van der Waals surface area contributed by atoms with Crippen molar-refractivity contribution < 1.29 is 5.11 Å². The fourth-order valence-corrected chi connectivity index (χ4v) is 2.75.